The number of hydrogen-bond acceptors (Lipinski definition) is 2. The van der Waals surface area contributed by atoms with Crippen molar-refractivity contribution in [3.05, 3.63) is 0 Å². The number of likely N-dealkylation sites (tertiary alicyclic amines) is 1. The van der Waals surface area contributed by atoms with Gasteiger partial charge in [-0.3, -0.25) is 4.90 Å². The first-order valence-electron chi connectivity index (χ1n) is 6.40. The van der Waals surface area contributed by atoms with Gasteiger partial charge in [0, 0.05) is 12.6 Å². The Morgan fingerprint density at radius 2 is 2.00 bits per heavy atom. The van der Waals surface area contributed by atoms with Crippen LogP contribution in [0, 0.1) is 11.3 Å². The van der Waals surface area contributed by atoms with E-state index in [1.54, 1.807) is 0 Å². The molecule has 2 rings (SSSR count). The van der Waals surface area contributed by atoms with Crippen LogP contribution in [0.15, 0.2) is 0 Å². The topological polar surface area (TPSA) is 23.5 Å². The monoisotopic (exact) mass is 211 g/mol. The van der Waals surface area contributed by atoms with E-state index < -0.39 is 0 Å². The average molecular weight is 211 g/mol. The van der Waals surface area contributed by atoms with Gasteiger partial charge in [-0.05, 0) is 43.6 Å². The molecule has 0 amide bonds. The van der Waals surface area contributed by atoms with E-state index in [-0.39, 0.29) is 6.10 Å². The molecule has 1 aliphatic heterocycles. The molecular weight excluding hydrogens is 186 g/mol. The maximum absolute atomic E-state index is 10.1. The van der Waals surface area contributed by atoms with Crippen LogP contribution in [0.25, 0.3) is 0 Å². The molecule has 0 radical (unpaired) electrons. The van der Waals surface area contributed by atoms with Crippen molar-refractivity contribution in [3.8, 4) is 0 Å². The third-order valence-corrected chi connectivity index (χ3v) is 4.25. The molecule has 0 spiro atoms. The van der Waals surface area contributed by atoms with Gasteiger partial charge in [-0.1, -0.05) is 20.8 Å². The Hall–Kier alpha value is -0.0800. The van der Waals surface area contributed by atoms with E-state index in [0.29, 0.717) is 11.5 Å². The van der Waals surface area contributed by atoms with Gasteiger partial charge >= 0.3 is 0 Å². The fourth-order valence-electron chi connectivity index (χ4n) is 3.18. The van der Waals surface area contributed by atoms with Crippen LogP contribution in [-0.2, 0) is 0 Å². The summed E-state index contributed by atoms with van der Waals surface area (Å²) in [7, 11) is 0. The Balaban J connectivity index is 2.00. The van der Waals surface area contributed by atoms with E-state index >= 15 is 0 Å². The van der Waals surface area contributed by atoms with E-state index in [1.807, 2.05) is 0 Å². The lowest BCUT2D eigenvalue weighted by atomic mass is 9.73. The largest absolute Gasteiger partial charge is 0.391 e. The van der Waals surface area contributed by atoms with Crippen LogP contribution in [0.2, 0.25) is 0 Å². The summed E-state index contributed by atoms with van der Waals surface area (Å²) in [6.45, 7) is 9.38. The standard InChI is InChI=1S/C13H25NO/c1-10-5-7-14(9-10)11-8-13(2,3)6-4-12(11)15/h10-12,15H,4-9H2,1-3H3. The van der Waals surface area contributed by atoms with Crippen LogP contribution in [0.5, 0.6) is 0 Å². The molecule has 1 saturated heterocycles. The van der Waals surface area contributed by atoms with Crippen LogP contribution >= 0.6 is 0 Å². The van der Waals surface area contributed by atoms with Crippen molar-refractivity contribution in [3.63, 3.8) is 0 Å². The second-order valence-electron chi connectivity index (χ2n) is 6.43. The van der Waals surface area contributed by atoms with Crippen molar-refractivity contribution in [1.29, 1.82) is 0 Å². The van der Waals surface area contributed by atoms with Gasteiger partial charge in [-0.25, -0.2) is 0 Å². The van der Waals surface area contributed by atoms with Crippen LogP contribution < -0.4 is 0 Å². The first-order valence-corrected chi connectivity index (χ1v) is 6.40. The molecule has 1 saturated carbocycles. The number of aliphatic hydroxyl groups is 1. The minimum atomic E-state index is -0.0803. The SMILES string of the molecule is CC1CCN(C2CC(C)(C)CCC2O)C1. The first kappa shape index (κ1) is 11.4. The third kappa shape index (κ3) is 2.54. The number of rotatable bonds is 1. The molecule has 1 N–H and O–H groups in total. The summed E-state index contributed by atoms with van der Waals surface area (Å²) in [5, 5.41) is 10.1. The Morgan fingerprint density at radius 1 is 1.27 bits per heavy atom. The quantitative estimate of drug-likeness (QED) is 0.719. The highest BCUT2D eigenvalue weighted by molar-refractivity contribution is 4.92. The lowest BCUT2D eigenvalue weighted by molar-refractivity contribution is -0.00933. The molecule has 2 fully saturated rings. The van der Waals surface area contributed by atoms with Crippen LogP contribution in [0.1, 0.15) is 46.5 Å². The van der Waals surface area contributed by atoms with Gasteiger partial charge in [-0.15, -0.1) is 0 Å². The molecule has 1 heterocycles. The van der Waals surface area contributed by atoms with E-state index in [2.05, 4.69) is 25.7 Å². The number of nitrogens with zero attached hydrogens (tertiary/aromatic N) is 1. The molecule has 2 nitrogen and oxygen atoms in total. The van der Waals surface area contributed by atoms with Gasteiger partial charge in [0.1, 0.15) is 0 Å². The smallest absolute Gasteiger partial charge is 0.0695 e. The summed E-state index contributed by atoms with van der Waals surface area (Å²) in [5.74, 6) is 0.822. The maximum atomic E-state index is 10.1. The van der Waals surface area contributed by atoms with E-state index in [4.69, 9.17) is 0 Å². The first-order chi connectivity index (χ1) is 6.98. The predicted molar refractivity (Wildman–Crippen MR) is 62.8 cm³/mol. The average Bonchev–Trinajstić information content (AvgIpc) is 2.56. The van der Waals surface area contributed by atoms with Crippen molar-refractivity contribution >= 4 is 0 Å². The number of aliphatic hydroxyl groups excluding tert-OH is 1. The lowest BCUT2D eigenvalue weighted by Gasteiger charge is -2.42. The molecule has 0 aromatic rings. The lowest BCUT2D eigenvalue weighted by Crippen LogP contribution is -2.48. The van der Waals surface area contributed by atoms with Gasteiger partial charge in [0.25, 0.3) is 0 Å². The van der Waals surface area contributed by atoms with Gasteiger partial charge in [0.15, 0.2) is 0 Å². The Labute approximate surface area is 93.7 Å². The molecule has 0 aromatic carbocycles. The minimum Gasteiger partial charge on any atom is -0.391 e. The van der Waals surface area contributed by atoms with Crippen molar-refractivity contribution in [2.24, 2.45) is 11.3 Å². The highest BCUT2D eigenvalue weighted by Gasteiger charge is 2.38. The number of hydrogen-bond donors (Lipinski definition) is 1. The van der Waals surface area contributed by atoms with Gasteiger partial charge < -0.3 is 5.11 Å². The summed E-state index contributed by atoms with van der Waals surface area (Å²) < 4.78 is 0. The van der Waals surface area contributed by atoms with Gasteiger partial charge in [0.05, 0.1) is 6.10 Å². The third-order valence-electron chi connectivity index (χ3n) is 4.25. The predicted octanol–water partition coefficient (Wildman–Crippen LogP) is 2.27. The van der Waals surface area contributed by atoms with Crippen molar-refractivity contribution in [2.75, 3.05) is 13.1 Å². The molecule has 15 heavy (non-hydrogen) atoms. The fraction of sp³-hybridized carbons (Fsp3) is 1.00. The minimum absolute atomic E-state index is 0.0803. The zero-order valence-electron chi connectivity index (χ0n) is 10.4. The molecule has 2 aliphatic rings. The second kappa shape index (κ2) is 4.06. The summed E-state index contributed by atoms with van der Waals surface area (Å²) in [6, 6.07) is 0.429. The Kier molecular flexibility index (Phi) is 3.09. The molecule has 0 aromatic heterocycles. The second-order valence-corrected chi connectivity index (χ2v) is 6.43. The summed E-state index contributed by atoms with van der Waals surface area (Å²) >= 11 is 0. The van der Waals surface area contributed by atoms with Crippen molar-refractivity contribution in [2.45, 2.75) is 58.6 Å². The summed E-state index contributed by atoms with van der Waals surface area (Å²) in [5.41, 5.74) is 0.426. The van der Waals surface area contributed by atoms with Crippen molar-refractivity contribution < 1.29 is 5.11 Å². The van der Waals surface area contributed by atoms with Crippen LogP contribution in [0.3, 0.4) is 0 Å². The summed E-state index contributed by atoms with van der Waals surface area (Å²) in [6.07, 6.45) is 4.56. The van der Waals surface area contributed by atoms with Crippen LogP contribution in [0.4, 0.5) is 0 Å². The molecule has 0 bridgehead atoms. The highest BCUT2D eigenvalue weighted by atomic mass is 16.3. The summed E-state index contributed by atoms with van der Waals surface area (Å²) in [4.78, 5) is 2.52. The van der Waals surface area contributed by atoms with Crippen LogP contribution in [-0.4, -0.2) is 35.2 Å². The zero-order chi connectivity index (χ0) is 11.1. The van der Waals surface area contributed by atoms with Gasteiger partial charge in [-0.2, -0.15) is 0 Å². The molecule has 3 unspecified atom stereocenters. The maximum Gasteiger partial charge on any atom is 0.0695 e. The Bertz CT molecular complexity index is 227. The molecular formula is C13H25NO. The van der Waals surface area contributed by atoms with E-state index in [1.165, 1.54) is 32.4 Å². The normalized spacial score (nSPS) is 42.0. The molecule has 88 valence electrons. The van der Waals surface area contributed by atoms with E-state index in [0.717, 1.165) is 12.3 Å². The molecule has 2 heteroatoms. The zero-order valence-corrected chi connectivity index (χ0v) is 10.4. The van der Waals surface area contributed by atoms with E-state index in [9.17, 15) is 5.11 Å². The Morgan fingerprint density at radius 3 is 2.60 bits per heavy atom. The molecule has 1 aliphatic carbocycles. The van der Waals surface area contributed by atoms with Crippen molar-refractivity contribution in [1.82, 2.24) is 4.90 Å². The fourth-order valence-corrected chi connectivity index (χ4v) is 3.18. The highest BCUT2D eigenvalue weighted by Crippen LogP contribution is 2.38. The molecule has 3 atom stereocenters. The van der Waals surface area contributed by atoms with Gasteiger partial charge in [0.2, 0.25) is 0 Å².